The zero-order valence-corrected chi connectivity index (χ0v) is 18.2. The summed E-state index contributed by atoms with van der Waals surface area (Å²) < 4.78 is 54.3. The van der Waals surface area contributed by atoms with E-state index in [4.69, 9.17) is 5.41 Å². The number of pyridine rings is 1. The first kappa shape index (κ1) is 23.8. The second kappa shape index (κ2) is 8.93. The zero-order valence-electron chi connectivity index (χ0n) is 18.2. The third-order valence-electron chi connectivity index (χ3n) is 5.05. The van der Waals surface area contributed by atoms with Crippen molar-refractivity contribution in [1.29, 1.82) is 5.41 Å². The summed E-state index contributed by atoms with van der Waals surface area (Å²) in [5.74, 6) is -1.11. The average molecular weight is 460 g/mol. The molecule has 0 atom stereocenters. The van der Waals surface area contributed by atoms with E-state index in [2.05, 4.69) is 20.3 Å². The van der Waals surface area contributed by atoms with Crippen LogP contribution >= 0.6 is 0 Å². The Balaban J connectivity index is 2.05. The molecular formula is C22H20F4N6O. The van der Waals surface area contributed by atoms with Gasteiger partial charge >= 0.3 is 6.18 Å². The smallest absolute Gasteiger partial charge is 0.384 e. The molecule has 0 aliphatic rings. The van der Waals surface area contributed by atoms with Gasteiger partial charge in [-0.1, -0.05) is 0 Å². The van der Waals surface area contributed by atoms with Gasteiger partial charge < -0.3 is 15.6 Å². The lowest BCUT2D eigenvalue weighted by atomic mass is 10.0. The second-order valence-electron chi connectivity index (χ2n) is 7.18. The number of allylic oxidation sites excluding steroid dienone is 1. The first-order valence-electron chi connectivity index (χ1n) is 9.67. The van der Waals surface area contributed by atoms with Crippen molar-refractivity contribution >= 4 is 28.8 Å². The van der Waals surface area contributed by atoms with Gasteiger partial charge in [-0.25, -0.2) is 19.3 Å². The first-order chi connectivity index (χ1) is 15.5. The van der Waals surface area contributed by atoms with Crippen LogP contribution < -0.4 is 10.2 Å². The summed E-state index contributed by atoms with van der Waals surface area (Å²) in [5, 5.41) is 9.79. The van der Waals surface area contributed by atoms with Crippen molar-refractivity contribution < 1.29 is 22.4 Å². The second-order valence-corrected chi connectivity index (χ2v) is 7.18. The Labute approximate surface area is 186 Å². The predicted octanol–water partition coefficient (Wildman–Crippen LogP) is 4.18. The van der Waals surface area contributed by atoms with E-state index in [0.717, 1.165) is 17.2 Å². The van der Waals surface area contributed by atoms with Gasteiger partial charge in [0.1, 0.15) is 16.9 Å². The summed E-state index contributed by atoms with van der Waals surface area (Å²) in [5.41, 5.74) is -0.000104. The minimum Gasteiger partial charge on any atom is -0.384 e. The number of hydrogen-bond acceptors (Lipinski definition) is 6. The number of likely N-dealkylation sites (N-methyl/N-ethyl adjacent to an activating group) is 2. The highest BCUT2D eigenvalue weighted by molar-refractivity contribution is 6.06. The Morgan fingerprint density at radius 1 is 1.21 bits per heavy atom. The van der Waals surface area contributed by atoms with Crippen LogP contribution in [-0.2, 0) is 11.0 Å². The predicted molar refractivity (Wildman–Crippen MR) is 117 cm³/mol. The number of rotatable bonds is 5. The van der Waals surface area contributed by atoms with Gasteiger partial charge in [-0.05, 0) is 49.2 Å². The summed E-state index contributed by atoms with van der Waals surface area (Å²) in [7, 11) is 2.91. The van der Waals surface area contributed by atoms with Gasteiger partial charge in [-0.2, -0.15) is 13.2 Å². The molecule has 172 valence electrons. The number of nitrogens with one attached hydrogen (secondary N) is 2. The quantitative estimate of drug-likeness (QED) is 0.338. The number of carbonyl (C=O) groups excluding carboxylic acids is 1. The lowest BCUT2D eigenvalue weighted by molar-refractivity contribution is -0.141. The van der Waals surface area contributed by atoms with E-state index < -0.39 is 23.6 Å². The number of carbonyl (C=O) groups is 1. The molecule has 0 radical (unpaired) electrons. The highest BCUT2D eigenvalue weighted by Gasteiger charge is 2.33. The van der Waals surface area contributed by atoms with E-state index >= 15 is 4.39 Å². The molecule has 2 aromatic heterocycles. The monoisotopic (exact) mass is 460 g/mol. The molecule has 3 aromatic rings. The number of nitrogens with zero attached hydrogens (tertiary/aromatic N) is 4. The minimum absolute atomic E-state index is 0.000774. The standard InChI is InChI=1S/C22H20F4N6O/c1-11-9-17(22(24,25)26)30-15-10-29-20(31-19(11)15)13-5-6-16(18(23)12(13)2)32(4)21(33)14(28-3)7-8-27/h5-10,27-28H,1-4H3/b14-7-,27-8?. The summed E-state index contributed by atoms with van der Waals surface area (Å²) in [4.78, 5) is 25.7. The van der Waals surface area contributed by atoms with Crippen LogP contribution in [0.1, 0.15) is 16.8 Å². The molecular weight excluding hydrogens is 440 g/mol. The summed E-state index contributed by atoms with van der Waals surface area (Å²) >= 11 is 0. The SMILES string of the molecule is CN/C(=C\C=N)C(=O)N(C)c1ccc(-c2ncc3nc(C(F)(F)F)cc(C)c3n2)c(C)c1F. The lowest BCUT2D eigenvalue weighted by Crippen LogP contribution is -2.33. The topological polar surface area (TPSA) is 94.9 Å². The molecule has 2 N–H and O–H groups in total. The number of hydrogen-bond donors (Lipinski definition) is 2. The van der Waals surface area contributed by atoms with Gasteiger partial charge in [0.05, 0.1) is 17.4 Å². The summed E-state index contributed by atoms with van der Waals surface area (Å²) in [6.45, 7) is 2.97. The molecule has 0 unspecified atom stereocenters. The van der Waals surface area contributed by atoms with Gasteiger partial charge in [-0.15, -0.1) is 0 Å². The van der Waals surface area contributed by atoms with Crippen molar-refractivity contribution in [1.82, 2.24) is 20.3 Å². The van der Waals surface area contributed by atoms with E-state index in [1.54, 1.807) is 0 Å². The normalized spacial score (nSPS) is 12.1. The Hall–Kier alpha value is -3.89. The fourth-order valence-electron chi connectivity index (χ4n) is 3.26. The number of aromatic nitrogens is 3. The maximum atomic E-state index is 15.2. The Kier molecular flexibility index (Phi) is 6.43. The Morgan fingerprint density at radius 3 is 2.52 bits per heavy atom. The summed E-state index contributed by atoms with van der Waals surface area (Å²) in [6, 6.07) is 3.82. The molecule has 0 spiro atoms. The van der Waals surface area contributed by atoms with Crippen molar-refractivity contribution in [3.63, 3.8) is 0 Å². The van der Waals surface area contributed by atoms with Crippen molar-refractivity contribution in [3.05, 3.63) is 58.8 Å². The fraction of sp³-hybridized carbons (Fsp3) is 0.227. The van der Waals surface area contributed by atoms with Crippen LogP contribution in [0.4, 0.5) is 23.2 Å². The summed E-state index contributed by atoms with van der Waals surface area (Å²) in [6.07, 6.45) is -1.24. The van der Waals surface area contributed by atoms with Crippen LogP contribution in [0, 0.1) is 25.1 Å². The number of fused-ring (bicyclic) bond motifs is 1. The molecule has 0 aliphatic heterocycles. The van der Waals surface area contributed by atoms with E-state index in [9.17, 15) is 18.0 Å². The number of benzene rings is 1. The highest BCUT2D eigenvalue weighted by atomic mass is 19.4. The molecule has 1 amide bonds. The van der Waals surface area contributed by atoms with Gasteiger partial charge in [0.15, 0.2) is 11.6 Å². The van der Waals surface area contributed by atoms with Crippen LogP contribution in [0.25, 0.3) is 22.4 Å². The molecule has 33 heavy (non-hydrogen) atoms. The molecule has 2 heterocycles. The van der Waals surface area contributed by atoms with Crippen LogP contribution in [0.3, 0.4) is 0 Å². The number of halogens is 4. The van der Waals surface area contributed by atoms with Gasteiger partial charge in [0, 0.05) is 25.9 Å². The van der Waals surface area contributed by atoms with Crippen LogP contribution in [0.15, 0.2) is 36.2 Å². The van der Waals surface area contributed by atoms with E-state index in [-0.39, 0.29) is 39.4 Å². The van der Waals surface area contributed by atoms with Crippen LogP contribution in [0.2, 0.25) is 0 Å². The third-order valence-corrected chi connectivity index (χ3v) is 5.05. The minimum atomic E-state index is -4.60. The van der Waals surface area contributed by atoms with E-state index in [1.807, 2.05) is 0 Å². The molecule has 11 heteroatoms. The maximum absolute atomic E-state index is 15.2. The van der Waals surface area contributed by atoms with E-state index in [1.165, 1.54) is 52.3 Å². The number of anilines is 1. The highest BCUT2D eigenvalue weighted by Crippen LogP contribution is 2.32. The lowest BCUT2D eigenvalue weighted by Gasteiger charge is -2.21. The largest absolute Gasteiger partial charge is 0.433 e. The maximum Gasteiger partial charge on any atom is 0.433 e. The molecule has 0 saturated heterocycles. The number of alkyl halides is 3. The average Bonchev–Trinajstić information content (AvgIpc) is 2.77. The number of aryl methyl sites for hydroxylation is 1. The van der Waals surface area contributed by atoms with Crippen molar-refractivity contribution in [2.24, 2.45) is 0 Å². The molecule has 1 aromatic carbocycles. The van der Waals surface area contributed by atoms with Crippen molar-refractivity contribution in [2.45, 2.75) is 20.0 Å². The fourth-order valence-corrected chi connectivity index (χ4v) is 3.26. The van der Waals surface area contributed by atoms with E-state index in [0.29, 0.717) is 5.56 Å². The number of amides is 1. The van der Waals surface area contributed by atoms with Crippen LogP contribution in [-0.4, -0.2) is 41.2 Å². The van der Waals surface area contributed by atoms with Crippen LogP contribution in [0.5, 0.6) is 0 Å². The zero-order chi connectivity index (χ0) is 24.5. The molecule has 3 rings (SSSR count). The molecule has 0 bridgehead atoms. The van der Waals surface area contributed by atoms with Crippen molar-refractivity contribution in [3.8, 4) is 11.4 Å². The van der Waals surface area contributed by atoms with Gasteiger partial charge in [-0.3, -0.25) is 4.79 Å². The Bertz CT molecular complexity index is 1290. The third kappa shape index (κ3) is 4.52. The van der Waals surface area contributed by atoms with Gasteiger partial charge in [0.2, 0.25) is 0 Å². The molecule has 0 aliphatic carbocycles. The molecule has 0 fully saturated rings. The Morgan fingerprint density at radius 2 is 1.91 bits per heavy atom. The van der Waals surface area contributed by atoms with Crippen molar-refractivity contribution in [2.75, 3.05) is 19.0 Å². The van der Waals surface area contributed by atoms with Gasteiger partial charge in [0.25, 0.3) is 5.91 Å². The molecule has 7 nitrogen and oxygen atoms in total. The first-order valence-corrected chi connectivity index (χ1v) is 9.67. The molecule has 0 saturated carbocycles.